The number of ether oxygens (including phenoxy) is 2. The van der Waals surface area contributed by atoms with E-state index in [4.69, 9.17) is 9.47 Å². The van der Waals surface area contributed by atoms with Crippen LogP contribution in [0.25, 0.3) is 0 Å². The second kappa shape index (κ2) is 8.54. The number of nitrogens with zero attached hydrogens (tertiary/aromatic N) is 1. The molecular weight excluding hydrogens is 320 g/mol. The van der Waals surface area contributed by atoms with Gasteiger partial charge in [0.15, 0.2) is 11.5 Å². The van der Waals surface area contributed by atoms with Crippen LogP contribution >= 0.6 is 0 Å². The van der Waals surface area contributed by atoms with E-state index in [0.29, 0.717) is 18.0 Å². The highest BCUT2D eigenvalue weighted by Gasteiger charge is 2.17. The van der Waals surface area contributed by atoms with Crippen molar-refractivity contribution in [2.45, 2.75) is 11.8 Å². The summed E-state index contributed by atoms with van der Waals surface area (Å²) in [4.78, 5) is 12.9. The molecule has 8 heteroatoms. The Balaban J connectivity index is 2.79. The van der Waals surface area contributed by atoms with Gasteiger partial charge in [-0.2, -0.15) is 0 Å². The first kappa shape index (κ1) is 19.0. The summed E-state index contributed by atoms with van der Waals surface area (Å²) in [5.41, 5.74) is 0. The minimum absolute atomic E-state index is 0.0632. The van der Waals surface area contributed by atoms with E-state index in [-0.39, 0.29) is 23.9 Å². The number of methoxy groups -OCH3 is 2. The standard InChI is InChI=1S/C15H22N2O5S/c1-5-9-17(12(2)18)10-8-16-23(19,20)13-6-7-14(21-3)15(11-13)22-4/h5-7,11,16H,1,8-10H2,2-4H3. The lowest BCUT2D eigenvalue weighted by molar-refractivity contribution is -0.128. The molecule has 0 bridgehead atoms. The molecule has 7 nitrogen and oxygen atoms in total. The Morgan fingerprint density at radius 1 is 1.30 bits per heavy atom. The average Bonchev–Trinajstić information content (AvgIpc) is 2.53. The first-order valence-corrected chi connectivity index (χ1v) is 8.42. The first-order chi connectivity index (χ1) is 10.9. The van der Waals surface area contributed by atoms with Gasteiger partial charge in [-0.25, -0.2) is 13.1 Å². The molecule has 0 spiro atoms. The molecule has 0 aromatic heterocycles. The van der Waals surface area contributed by atoms with Crippen molar-refractivity contribution in [2.24, 2.45) is 0 Å². The zero-order chi connectivity index (χ0) is 17.5. The molecule has 0 saturated carbocycles. The molecule has 128 valence electrons. The molecule has 1 N–H and O–H groups in total. The molecule has 0 aliphatic carbocycles. The highest BCUT2D eigenvalue weighted by atomic mass is 32.2. The van der Waals surface area contributed by atoms with Gasteiger partial charge in [0.2, 0.25) is 15.9 Å². The van der Waals surface area contributed by atoms with Crippen molar-refractivity contribution in [3.63, 3.8) is 0 Å². The van der Waals surface area contributed by atoms with Gasteiger partial charge < -0.3 is 14.4 Å². The lowest BCUT2D eigenvalue weighted by atomic mass is 10.3. The molecule has 1 aromatic rings. The van der Waals surface area contributed by atoms with Crippen LogP contribution in [-0.2, 0) is 14.8 Å². The smallest absolute Gasteiger partial charge is 0.240 e. The lowest BCUT2D eigenvalue weighted by Gasteiger charge is -2.19. The zero-order valence-corrected chi connectivity index (χ0v) is 14.4. The van der Waals surface area contributed by atoms with Gasteiger partial charge >= 0.3 is 0 Å². The molecule has 23 heavy (non-hydrogen) atoms. The summed E-state index contributed by atoms with van der Waals surface area (Å²) < 4.78 is 37.2. The molecule has 0 atom stereocenters. The monoisotopic (exact) mass is 342 g/mol. The fraction of sp³-hybridized carbons (Fsp3) is 0.400. The Labute approximate surface area is 136 Å². The van der Waals surface area contributed by atoms with Gasteiger partial charge in [-0.05, 0) is 12.1 Å². The number of sulfonamides is 1. The van der Waals surface area contributed by atoms with Gasteiger partial charge in [-0.3, -0.25) is 4.79 Å². The van der Waals surface area contributed by atoms with Crippen molar-refractivity contribution in [2.75, 3.05) is 33.9 Å². The van der Waals surface area contributed by atoms with E-state index < -0.39 is 10.0 Å². The molecule has 1 rings (SSSR count). The highest BCUT2D eigenvalue weighted by molar-refractivity contribution is 7.89. The van der Waals surface area contributed by atoms with Crippen LogP contribution in [0, 0.1) is 0 Å². The number of benzene rings is 1. The topological polar surface area (TPSA) is 84.9 Å². The molecule has 1 aromatic carbocycles. The summed E-state index contributed by atoms with van der Waals surface area (Å²) in [6, 6.07) is 4.33. The first-order valence-electron chi connectivity index (χ1n) is 6.93. The number of hydrogen-bond acceptors (Lipinski definition) is 5. The number of hydrogen-bond donors (Lipinski definition) is 1. The molecule has 1 amide bonds. The predicted octanol–water partition coefficient (Wildman–Crippen LogP) is 1.02. The Morgan fingerprint density at radius 2 is 1.96 bits per heavy atom. The summed E-state index contributed by atoms with van der Waals surface area (Å²) in [5.74, 6) is 0.628. The fourth-order valence-electron chi connectivity index (χ4n) is 1.92. The minimum atomic E-state index is -3.70. The molecule has 0 heterocycles. The van der Waals surface area contributed by atoms with E-state index in [1.807, 2.05) is 0 Å². The third-order valence-corrected chi connectivity index (χ3v) is 4.59. The van der Waals surface area contributed by atoms with E-state index in [0.717, 1.165) is 0 Å². The molecule has 0 fully saturated rings. The van der Waals surface area contributed by atoms with Crippen molar-refractivity contribution in [1.82, 2.24) is 9.62 Å². The van der Waals surface area contributed by atoms with Crippen LogP contribution in [0.15, 0.2) is 35.7 Å². The van der Waals surface area contributed by atoms with Crippen LogP contribution in [0.1, 0.15) is 6.92 Å². The summed E-state index contributed by atoms with van der Waals surface area (Å²) >= 11 is 0. The molecule has 0 saturated heterocycles. The Hall–Kier alpha value is -2.06. The normalized spacial score (nSPS) is 10.9. The van der Waals surface area contributed by atoms with Gasteiger partial charge in [-0.15, -0.1) is 6.58 Å². The SMILES string of the molecule is C=CCN(CCNS(=O)(=O)c1ccc(OC)c(OC)c1)C(C)=O. The van der Waals surface area contributed by atoms with Gasteiger partial charge in [0, 0.05) is 32.6 Å². The number of nitrogens with one attached hydrogen (secondary N) is 1. The van der Waals surface area contributed by atoms with E-state index in [2.05, 4.69) is 11.3 Å². The molecule has 0 aliphatic rings. The summed E-state index contributed by atoms with van der Waals surface area (Å²) in [6.07, 6.45) is 1.59. The number of amides is 1. The van der Waals surface area contributed by atoms with E-state index in [1.165, 1.54) is 44.2 Å². The van der Waals surface area contributed by atoms with Crippen LogP contribution < -0.4 is 14.2 Å². The van der Waals surface area contributed by atoms with Crippen molar-refractivity contribution < 1.29 is 22.7 Å². The maximum atomic E-state index is 12.3. The van der Waals surface area contributed by atoms with Crippen LogP contribution in [0.3, 0.4) is 0 Å². The third kappa shape index (κ3) is 5.26. The van der Waals surface area contributed by atoms with Crippen LogP contribution in [0.5, 0.6) is 11.5 Å². The average molecular weight is 342 g/mol. The molecule has 0 unspecified atom stereocenters. The second-order valence-corrected chi connectivity index (χ2v) is 6.44. The van der Waals surface area contributed by atoms with E-state index >= 15 is 0 Å². The van der Waals surface area contributed by atoms with Gasteiger partial charge in [0.1, 0.15) is 0 Å². The largest absolute Gasteiger partial charge is 0.493 e. The van der Waals surface area contributed by atoms with Gasteiger partial charge in [-0.1, -0.05) is 6.08 Å². The number of rotatable bonds is 9. The Bertz CT molecular complexity index is 658. The Morgan fingerprint density at radius 3 is 2.48 bits per heavy atom. The fourth-order valence-corrected chi connectivity index (χ4v) is 2.95. The predicted molar refractivity (Wildman–Crippen MR) is 87.2 cm³/mol. The number of carbonyl (C=O) groups is 1. The van der Waals surface area contributed by atoms with Crippen molar-refractivity contribution in [1.29, 1.82) is 0 Å². The summed E-state index contributed by atoms with van der Waals surface area (Å²) in [7, 11) is -0.799. The Kier molecular flexibility index (Phi) is 7.05. The zero-order valence-electron chi connectivity index (χ0n) is 13.5. The van der Waals surface area contributed by atoms with Crippen molar-refractivity contribution >= 4 is 15.9 Å². The van der Waals surface area contributed by atoms with E-state index in [1.54, 1.807) is 6.08 Å². The quantitative estimate of drug-likeness (QED) is 0.677. The summed E-state index contributed by atoms with van der Waals surface area (Å²) in [6.45, 7) is 5.71. The molecule has 0 radical (unpaired) electrons. The second-order valence-electron chi connectivity index (χ2n) is 4.67. The summed E-state index contributed by atoms with van der Waals surface area (Å²) in [5, 5.41) is 0. The van der Waals surface area contributed by atoms with Crippen LogP contribution in [-0.4, -0.2) is 53.1 Å². The maximum absolute atomic E-state index is 12.3. The van der Waals surface area contributed by atoms with Crippen LogP contribution in [0.2, 0.25) is 0 Å². The molecular formula is C15H22N2O5S. The van der Waals surface area contributed by atoms with Gasteiger partial charge in [0.25, 0.3) is 0 Å². The van der Waals surface area contributed by atoms with E-state index in [9.17, 15) is 13.2 Å². The van der Waals surface area contributed by atoms with Crippen molar-refractivity contribution in [3.05, 3.63) is 30.9 Å². The lowest BCUT2D eigenvalue weighted by Crippen LogP contribution is -2.37. The van der Waals surface area contributed by atoms with Crippen molar-refractivity contribution in [3.8, 4) is 11.5 Å². The highest BCUT2D eigenvalue weighted by Crippen LogP contribution is 2.29. The number of carbonyl (C=O) groups excluding carboxylic acids is 1. The van der Waals surface area contributed by atoms with Crippen LogP contribution in [0.4, 0.5) is 0 Å². The maximum Gasteiger partial charge on any atom is 0.240 e. The third-order valence-electron chi connectivity index (χ3n) is 3.13. The minimum Gasteiger partial charge on any atom is -0.493 e. The van der Waals surface area contributed by atoms with Gasteiger partial charge in [0.05, 0.1) is 19.1 Å². The molecule has 0 aliphatic heterocycles.